The van der Waals surface area contributed by atoms with Crippen molar-refractivity contribution in [1.29, 1.82) is 5.26 Å². The third kappa shape index (κ3) is 2.82. The number of halogens is 3. The molecule has 0 aliphatic carbocycles. The molecule has 0 bridgehead atoms. The third-order valence-corrected chi connectivity index (χ3v) is 3.30. The fourth-order valence-electron chi connectivity index (χ4n) is 2.20. The molecule has 3 nitrogen and oxygen atoms in total. The molecule has 0 radical (unpaired) electrons. The van der Waals surface area contributed by atoms with Gasteiger partial charge in [-0.1, -0.05) is 6.07 Å². The minimum absolute atomic E-state index is 0.278. The van der Waals surface area contributed by atoms with E-state index in [1.165, 1.54) is 6.07 Å². The fourth-order valence-corrected chi connectivity index (χ4v) is 2.20. The van der Waals surface area contributed by atoms with Gasteiger partial charge in [0.2, 0.25) is 0 Å². The number of nitrogens with zero attached hydrogens (tertiary/aromatic N) is 3. The predicted octanol–water partition coefficient (Wildman–Crippen LogP) is 2.33. The number of rotatable bonds is 1. The molecular weight excluding hydrogens is 255 g/mol. The van der Waals surface area contributed by atoms with E-state index in [2.05, 4.69) is 4.90 Å². The van der Waals surface area contributed by atoms with Crippen molar-refractivity contribution in [3.05, 3.63) is 29.3 Å². The van der Waals surface area contributed by atoms with Gasteiger partial charge < -0.3 is 9.80 Å². The van der Waals surface area contributed by atoms with Crippen LogP contribution in [0.15, 0.2) is 18.2 Å². The summed E-state index contributed by atoms with van der Waals surface area (Å²) in [6.45, 7) is 2.82. The molecule has 1 heterocycles. The summed E-state index contributed by atoms with van der Waals surface area (Å²) >= 11 is 0. The smallest absolute Gasteiger partial charge is 0.368 e. The number of nitriles is 1. The first kappa shape index (κ1) is 13.7. The predicted molar refractivity (Wildman–Crippen MR) is 65.9 cm³/mol. The van der Waals surface area contributed by atoms with Crippen molar-refractivity contribution in [2.45, 2.75) is 6.18 Å². The Hall–Kier alpha value is -1.74. The quantitative estimate of drug-likeness (QED) is 0.784. The zero-order valence-corrected chi connectivity index (χ0v) is 10.5. The number of alkyl halides is 3. The summed E-state index contributed by atoms with van der Waals surface area (Å²) in [5.74, 6) is 0. The molecule has 0 saturated carbocycles. The van der Waals surface area contributed by atoms with Crippen LogP contribution in [0, 0.1) is 11.3 Å². The molecule has 2 rings (SSSR count). The molecule has 0 N–H and O–H groups in total. The van der Waals surface area contributed by atoms with E-state index in [4.69, 9.17) is 5.26 Å². The van der Waals surface area contributed by atoms with E-state index in [9.17, 15) is 13.2 Å². The Labute approximate surface area is 109 Å². The number of hydrogen-bond acceptors (Lipinski definition) is 3. The Kier molecular flexibility index (Phi) is 3.67. The van der Waals surface area contributed by atoms with Crippen molar-refractivity contribution in [2.75, 3.05) is 38.1 Å². The standard InChI is InChI=1S/C13H14F3N3/c1-18-5-7-19(8-6-18)12-4-2-3-11(10(12)9-17)13(14,15)16/h2-4H,5-8H2,1H3. The molecule has 1 aliphatic heterocycles. The second-order valence-electron chi connectivity index (χ2n) is 4.60. The van der Waals surface area contributed by atoms with Crippen LogP contribution in [-0.2, 0) is 6.18 Å². The largest absolute Gasteiger partial charge is 0.417 e. The average Bonchev–Trinajstić information content (AvgIpc) is 2.37. The van der Waals surface area contributed by atoms with Crippen LogP contribution in [0.25, 0.3) is 0 Å². The van der Waals surface area contributed by atoms with Gasteiger partial charge in [0.15, 0.2) is 0 Å². The average molecular weight is 269 g/mol. The van der Waals surface area contributed by atoms with Gasteiger partial charge >= 0.3 is 6.18 Å². The maximum absolute atomic E-state index is 12.9. The lowest BCUT2D eigenvalue weighted by molar-refractivity contribution is -0.137. The number of piperazine rings is 1. The van der Waals surface area contributed by atoms with Crippen molar-refractivity contribution < 1.29 is 13.2 Å². The Balaban J connectivity index is 2.39. The van der Waals surface area contributed by atoms with E-state index in [1.807, 2.05) is 11.9 Å². The molecule has 1 fully saturated rings. The molecule has 1 aromatic rings. The summed E-state index contributed by atoms with van der Waals surface area (Å²) in [6, 6.07) is 5.60. The highest BCUT2D eigenvalue weighted by Gasteiger charge is 2.35. The van der Waals surface area contributed by atoms with Crippen LogP contribution in [-0.4, -0.2) is 38.1 Å². The highest BCUT2D eigenvalue weighted by Crippen LogP contribution is 2.36. The lowest BCUT2D eigenvalue weighted by atomic mass is 10.0. The van der Waals surface area contributed by atoms with Gasteiger partial charge in [-0.15, -0.1) is 0 Å². The minimum Gasteiger partial charge on any atom is -0.368 e. The molecule has 1 aromatic carbocycles. The van der Waals surface area contributed by atoms with E-state index in [-0.39, 0.29) is 5.56 Å². The topological polar surface area (TPSA) is 30.3 Å². The molecule has 0 amide bonds. The van der Waals surface area contributed by atoms with Gasteiger partial charge in [0.25, 0.3) is 0 Å². The van der Waals surface area contributed by atoms with Crippen LogP contribution in [0.3, 0.4) is 0 Å². The first-order chi connectivity index (χ1) is 8.93. The van der Waals surface area contributed by atoms with Crippen molar-refractivity contribution in [3.63, 3.8) is 0 Å². The van der Waals surface area contributed by atoms with Gasteiger partial charge in [-0.2, -0.15) is 18.4 Å². The van der Waals surface area contributed by atoms with Gasteiger partial charge in [-0.25, -0.2) is 0 Å². The summed E-state index contributed by atoms with van der Waals surface area (Å²) < 4.78 is 38.6. The van der Waals surface area contributed by atoms with Gasteiger partial charge in [0.1, 0.15) is 6.07 Å². The van der Waals surface area contributed by atoms with Gasteiger partial charge in [0.05, 0.1) is 16.8 Å². The monoisotopic (exact) mass is 269 g/mol. The van der Waals surface area contributed by atoms with Crippen molar-refractivity contribution in [3.8, 4) is 6.07 Å². The Morgan fingerprint density at radius 1 is 1.16 bits per heavy atom. The highest BCUT2D eigenvalue weighted by atomic mass is 19.4. The van der Waals surface area contributed by atoms with E-state index < -0.39 is 11.7 Å². The molecule has 0 unspecified atom stereocenters. The summed E-state index contributed by atoms with van der Waals surface area (Å²) in [4.78, 5) is 3.95. The van der Waals surface area contributed by atoms with Crippen LogP contribution in [0.4, 0.5) is 18.9 Å². The summed E-state index contributed by atoms with van der Waals surface area (Å²) in [6.07, 6.45) is -4.49. The fraction of sp³-hybridized carbons (Fsp3) is 0.462. The van der Waals surface area contributed by atoms with E-state index in [1.54, 1.807) is 12.1 Å². The molecule has 6 heteroatoms. The maximum Gasteiger partial charge on any atom is 0.417 e. The highest BCUT2D eigenvalue weighted by molar-refractivity contribution is 5.63. The number of anilines is 1. The summed E-state index contributed by atoms with van der Waals surface area (Å²) in [7, 11) is 1.97. The van der Waals surface area contributed by atoms with Crippen LogP contribution in [0.2, 0.25) is 0 Å². The number of hydrogen-bond donors (Lipinski definition) is 0. The zero-order valence-electron chi connectivity index (χ0n) is 10.5. The first-order valence-corrected chi connectivity index (χ1v) is 5.97. The van der Waals surface area contributed by atoms with E-state index in [0.717, 1.165) is 19.2 Å². The summed E-state index contributed by atoms with van der Waals surface area (Å²) in [5, 5.41) is 9.06. The van der Waals surface area contributed by atoms with E-state index >= 15 is 0 Å². The van der Waals surface area contributed by atoms with Gasteiger partial charge in [-0.05, 0) is 19.2 Å². The van der Waals surface area contributed by atoms with E-state index in [0.29, 0.717) is 18.8 Å². The number of benzene rings is 1. The summed E-state index contributed by atoms with van der Waals surface area (Å²) in [5.41, 5.74) is -0.753. The van der Waals surface area contributed by atoms with Crippen molar-refractivity contribution in [2.24, 2.45) is 0 Å². The SMILES string of the molecule is CN1CCN(c2cccc(C(F)(F)F)c2C#N)CC1. The van der Waals surface area contributed by atoms with Gasteiger partial charge in [-0.3, -0.25) is 0 Å². The normalized spacial score (nSPS) is 17.3. The molecule has 1 aliphatic rings. The Morgan fingerprint density at radius 3 is 2.32 bits per heavy atom. The molecular formula is C13H14F3N3. The lowest BCUT2D eigenvalue weighted by Gasteiger charge is -2.34. The second-order valence-corrected chi connectivity index (χ2v) is 4.60. The Bertz CT molecular complexity index is 497. The lowest BCUT2D eigenvalue weighted by Crippen LogP contribution is -2.44. The van der Waals surface area contributed by atoms with Crippen molar-refractivity contribution >= 4 is 5.69 Å². The van der Waals surface area contributed by atoms with Crippen LogP contribution in [0.5, 0.6) is 0 Å². The van der Waals surface area contributed by atoms with Gasteiger partial charge in [0, 0.05) is 26.2 Å². The zero-order chi connectivity index (χ0) is 14.0. The molecule has 1 saturated heterocycles. The minimum atomic E-state index is -4.49. The molecule has 19 heavy (non-hydrogen) atoms. The van der Waals surface area contributed by atoms with Crippen LogP contribution >= 0.6 is 0 Å². The molecule has 0 spiro atoms. The third-order valence-electron chi connectivity index (χ3n) is 3.30. The molecule has 0 aromatic heterocycles. The molecule has 0 atom stereocenters. The van der Waals surface area contributed by atoms with Crippen LogP contribution < -0.4 is 4.90 Å². The maximum atomic E-state index is 12.9. The Morgan fingerprint density at radius 2 is 1.79 bits per heavy atom. The second kappa shape index (κ2) is 5.10. The first-order valence-electron chi connectivity index (χ1n) is 5.97. The van der Waals surface area contributed by atoms with Crippen molar-refractivity contribution in [1.82, 2.24) is 4.90 Å². The molecule has 102 valence electrons. The number of likely N-dealkylation sites (N-methyl/N-ethyl adjacent to an activating group) is 1. The van der Waals surface area contributed by atoms with Crippen LogP contribution in [0.1, 0.15) is 11.1 Å².